The Morgan fingerprint density at radius 2 is 2.28 bits per heavy atom. The fourth-order valence-electron chi connectivity index (χ4n) is 1.37. The molecule has 6 nitrogen and oxygen atoms in total. The maximum atomic E-state index is 10.6. The van der Waals surface area contributed by atoms with Crippen molar-refractivity contribution in [3.8, 4) is 0 Å². The maximum Gasteiger partial charge on any atom is 0.292 e. The SMILES string of the molecule is C=CCCOCCNc1ccc([N+](=O)[O-])c(N)c1. The predicted octanol–water partition coefficient (Wildman–Crippen LogP) is 2.18. The maximum absolute atomic E-state index is 10.6. The quantitative estimate of drug-likeness (QED) is 0.243. The number of nitrogen functional groups attached to an aromatic ring is 1. The molecule has 0 bridgehead atoms. The van der Waals surface area contributed by atoms with E-state index in [1.54, 1.807) is 18.2 Å². The highest BCUT2D eigenvalue weighted by Crippen LogP contribution is 2.24. The average molecular weight is 251 g/mol. The minimum absolute atomic E-state index is 0.0808. The molecule has 1 aromatic rings. The van der Waals surface area contributed by atoms with Gasteiger partial charge in [-0.15, -0.1) is 6.58 Å². The molecule has 0 saturated heterocycles. The van der Waals surface area contributed by atoms with E-state index >= 15 is 0 Å². The molecule has 0 amide bonds. The van der Waals surface area contributed by atoms with Gasteiger partial charge in [0.1, 0.15) is 5.69 Å². The summed E-state index contributed by atoms with van der Waals surface area (Å²) in [5, 5.41) is 13.6. The molecule has 0 aliphatic rings. The molecule has 6 heteroatoms. The molecule has 0 fully saturated rings. The van der Waals surface area contributed by atoms with Gasteiger partial charge in [0, 0.05) is 18.3 Å². The van der Waals surface area contributed by atoms with Crippen molar-refractivity contribution in [3.05, 3.63) is 41.0 Å². The predicted molar refractivity (Wildman–Crippen MR) is 71.6 cm³/mol. The van der Waals surface area contributed by atoms with Gasteiger partial charge in [-0.25, -0.2) is 0 Å². The van der Waals surface area contributed by atoms with Crippen LogP contribution in [0.3, 0.4) is 0 Å². The summed E-state index contributed by atoms with van der Waals surface area (Å²) in [7, 11) is 0. The molecule has 18 heavy (non-hydrogen) atoms. The van der Waals surface area contributed by atoms with Crippen LogP contribution in [0.2, 0.25) is 0 Å². The lowest BCUT2D eigenvalue weighted by Gasteiger charge is -2.07. The Labute approximate surface area is 106 Å². The van der Waals surface area contributed by atoms with E-state index in [4.69, 9.17) is 10.5 Å². The third-order valence-electron chi connectivity index (χ3n) is 2.27. The van der Waals surface area contributed by atoms with Crippen LogP contribution >= 0.6 is 0 Å². The lowest BCUT2D eigenvalue weighted by atomic mass is 10.2. The van der Waals surface area contributed by atoms with Crippen molar-refractivity contribution >= 4 is 17.1 Å². The van der Waals surface area contributed by atoms with Crippen molar-refractivity contribution in [1.82, 2.24) is 0 Å². The minimum Gasteiger partial charge on any atom is -0.393 e. The van der Waals surface area contributed by atoms with Crippen LogP contribution in [-0.2, 0) is 4.74 Å². The van der Waals surface area contributed by atoms with Gasteiger partial charge in [-0.3, -0.25) is 10.1 Å². The fraction of sp³-hybridized carbons (Fsp3) is 0.333. The van der Waals surface area contributed by atoms with Crippen molar-refractivity contribution in [2.75, 3.05) is 30.8 Å². The van der Waals surface area contributed by atoms with Crippen LogP contribution < -0.4 is 11.1 Å². The number of nitro benzene ring substituents is 1. The Morgan fingerprint density at radius 1 is 1.50 bits per heavy atom. The summed E-state index contributed by atoms with van der Waals surface area (Å²) in [4.78, 5) is 10.1. The van der Waals surface area contributed by atoms with Gasteiger partial charge < -0.3 is 15.8 Å². The lowest BCUT2D eigenvalue weighted by molar-refractivity contribution is -0.383. The largest absolute Gasteiger partial charge is 0.393 e. The highest BCUT2D eigenvalue weighted by atomic mass is 16.6. The number of nitrogens with two attached hydrogens (primary N) is 1. The smallest absolute Gasteiger partial charge is 0.292 e. The molecule has 0 radical (unpaired) electrons. The standard InChI is InChI=1S/C12H17N3O3/c1-2-3-7-18-8-6-14-10-4-5-12(15(16)17)11(13)9-10/h2,4-5,9,14H,1,3,6-8,13H2. The second-order valence-electron chi connectivity index (χ2n) is 3.65. The van der Waals surface area contributed by atoms with E-state index in [9.17, 15) is 10.1 Å². The van der Waals surface area contributed by atoms with E-state index in [2.05, 4.69) is 11.9 Å². The molecule has 0 heterocycles. The van der Waals surface area contributed by atoms with Crippen molar-refractivity contribution in [1.29, 1.82) is 0 Å². The number of anilines is 2. The zero-order valence-corrected chi connectivity index (χ0v) is 10.1. The van der Waals surface area contributed by atoms with Crippen LogP contribution in [0, 0.1) is 10.1 Å². The lowest BCUT2D eigenvalue weighted by Crippen LogP contribution is -2.10. The second-order valence-corrected chi connectivity index (χ2v) is 3.65. The van der Waals surface area contributed by atoms with E-state index in [1.807, 2.05) is 0 Å². The highest BCUT2D eigenvalue weighted by Gasteiger charge is 2.10. The Hall–Kier alpha value is -2.08. The Morgan fingerprint density at radius 3 is 2.89 bits per heavy atom. The van der Waals surface area contributed by atoms with E-state index in [0.29, 0.717) is 19.8 Å². The van der Waals surface area contributed by atoms with Gasteiger partial charge in [-0.05, 0) is 18.6 Å². The summed E-state index contributed by atoms with van der Waals surface area (Å²) in [6.45, 7) is 5.42. The van der Waals surface area contributed by atoms with Crippen molar-refractivity contribution in [2.24, 2.45) is 0 Å². The molecule has 0 aromatic heterocycles. The summed E-state index contributed by atoms with van der Waals surface area (Å²) >= 11 is 0. The van der Waals surface area contributed by atoms with Gasteiger partial charge in [0.05, 0.1) is 18.1 Å². The average Bonchev–Trinajstić information content (AvgIpc) is 2.33. The number of benzene rings is 1. The Balaban J connectivity index is 2.37. The zero-order chi connectivity index (χ0) is 13.4. The van der Waals surface area contributed by atoms with E-state index in [-0.39, 0.29) is 11.4 Å². The van der Waals surface area contributed by atoms with Crippen LogP contribution in [0.15, 0.2) is 30.9 Å². The van der Waals surface area contributed by atoms with E-state index < -0.39 is 4.92 Å². The van der Waals surface area contributed by atoms with Crippen molar-refractivity contribution in [2.45, 2.75) is 6.42 Å². The number of nitrogens with zero attached hydrogens (tertiary/aromatic N) is 1. The molecule has 3 N–H and O–H groups in total. The van der Waals surface area contributed by atoms with Crippen LogP contribution in [0.25, 0.3) is 0 Å². The van der Waals surface area contributed by atoms with Crippen LogP contribution in [0.5, 0.6) is 0 Å². The Bertz CT molecular complexity index is 421. The topological polar surface area (TPSA) is 90.4 Å². The highest BCUT2D eigenvalue weighted by molar-refractivity contribution is 5.65. The summed E-state index contributed by atoms with van der Waals surface area (Å²) in [5.74, 6) is 0. The van der Waals surface area contributed by atoms with Gasteiger partial charge in [0.15, 0.2) is 0 Å². The van der Waals surface area contributed by atoms with E-state index in [0.717, 1.165) is 12.1 Å². The fourth-order valence-corrected chi connectivity index (χ4v) is 1.37. The molecule has 98 valence electrons. The van der Waals surface area contributed by atoms with Gasteiger partial charge >= 0.3 is 0 Å². The first-order chi connectivity index (χ1) is 8.65. The Kier molecular flexibility index (Phi) is 5.66. The van der Waals surface area contributed by atoms with Crippen LogP contribution in [0.1, 0.15) is 6.42 Å². The molecular formula is C12H17N3O3. The first kappa shape index (κ1) is 14.0. The van der Waals surface area contributed by atoms with Crippen LogP contribution in [0.4, 0.5) is 17.1 Å². The first-order valence-corrected chi connectivity index (χ1v) is 5.61. The summed E-state index contributed by atoms with van der Waals surface area (Å²) in [5.41, 5.74) is 6.38. The first-order valence-electron chi connectivity index (χ1n) is 5.61. The van der Waals surface area contributed by atoms with Gasteiger partial charge in [-0.2, -0.15) is 0 Å². The molecule has 0 atom stereocenters. The van der Waals surface area contributed by atoms with Gasteiger partial charge in [0.25, 0.3) is 5.69 Å². The summed E-state index contributed by atoms with van der Waals surface area (Å²) in [6.07, 6.45) is 2.62. The molecule has 1 aromatic carbocycles. The number of rotatable bonds is 8. The molecule has 0 saturated carbocycles. The van der Waals surface area contributed by atoms with Gasteiger partial charge in [-0.1, -0.05) is 6.08 Å². The number of nitro groups is 1. The number of hydrogen-bond acceptors (Lipinski definition) is 5. The van der Waals surface area contributed by atoms with Crippen LogP contribution in [-0.4, -0.2) is 24.7 Å². The summed E-state index contributed by atoms with van der Waals surface area (Å²) in [6, 6.07) is 4.55. The number of nitrogens with one attached hydrogen (secondary N) is 1. The molecule has 0 spiro atoms. The van der Waals surface area contributed by atoms with Gasteiger partial charge in [0.2, 0.25) is 0 Å². The molecule has 0 aliphatic carbocycles. The normalized spacial score (nSPS) is 10.0. The third-order valence-corrected chi connectivity index (χ3v) is 2.27. The molecule has 0 unspecified atom stereocenters. The number of ether oxygens (including phenoxy) is 1. The van der Waals surface area contributed by atoms with Crippen molar-refractivity contribution < 1.29 is 9.66 Å². The third kappa shape index (κ3) is 4.42. The summed E-state index contributed by atoms with van der Waals surface area (Å²) < 4.78 is 5.31. The zero-order valence-electron chi connectivity index (χ0n) is 10.1. The van der Waals surface area contributed by atoms with E-state index in [1.165, 1.54) is 6.07 Å². The molecule has 0 aliphatic heterocycles. The minimum atomic E-state index is -0.502. The molecular weight excluding hydrogens is 234 g/mol. The second kappa shape index (κ2) is 7.29. The number of hydrogen-bond donors (Lipinski definition) is 2. The molecule has 1 rings (SSSR count). The monoisotopic (exact) mass is 251 g/mol. The van der Waals surface area contributed by atoms with Crippen molar-refractivity contribution in [3.63, 3.8) is 0 Å².